The molecule has 0 bridgehead atoms. The van der Waals surface area contributed by atoms with Crippen LogP contribution >= 0.6 is 0 Å². The Labute approximate surface area is 118 Å². The summed E-state index contributed by atoms with van der Waals surface area (Å²) in [6.45, 7) is 4.55. The largest absolute Gasteiger partial charge is 0.465 e. The van der Waals surface area contributed by atoms with Crippen LogP contribution in [0.15, 0.2) is 36.7 Å². The molecule has 0 aliphatic rings. The van der Waals surface area contributed by atoms with Crippen LogP contribution in [0.5, 0.6) is 0 Å². The van der Waals surface area contributed by atoms with E-state index in [0.717, 1.165) is 18.8 Å². The smallest absolute Gasteiger partial charge is 0.339 e. The zero-order valence-corrected chi connectivity index (χ0v) is 11.8. The number of ether oxygens (including phenoxy) is 1. The van der Waals surface area contributed by atoms with Crippen molar-refractivity contribution in [2.45, 2.75) is 20.0 Å². The monoisotopic (exact) mass is 273 g/mol. The molecular formula is C15H19N3O2. The second-order valence-electron chi connectivity index (χ2n) is 4.44. The Hall–Kier alpha value is -2.14. The van der Waals surface area contributed by atoms with Crippen molar-refractivity contribution in [2.75, 3.05) is 13.7 Å². The summed E-state index contributed by atoms with van der Waals surface area (Å²) in [7, 11) is 1.36. The second-order valence-corrected chi connectivity index (χ2v) is 4.44. The van der Waals surface area contributed by atoms with Crippen LogP contribution in [0.3, 0.4) is 0 Å². The van der Waals surface area contributed by atoms with E-state index >= 15 is 0 Å². The van der Waals surface area contributed by atoms with Crippen LogP contribution < -0.4 is 5.32 Å². The number of hydrogen-bond acceptors (Lipinski definition) is 4. The molecule has 0 unspecified atom stereocenters. The Morgan fingerprint density at radius 2 is 2.25 bits per heavy atom. The number of methoxy groups -OCH3 is 1. The second kappa shape index (κ2) is 6.86. The third-order valence-electron chi connectivity index (χ3n) is 3.06. The fourth-order valence-electron chi connectivity index (χ4n) is 1.95. The van der Waals surface area contributed by atoms with Gasteiger partial charge in [0.05, 0.1) is 24.9 Å². The van der Waals surface area contributed by atoms with Gasteiger partial charge in [0.15, 0.2) is 0 Å². The summed E-state index contributed by atoms with van der Waals surface area (Å²) >= 11 is 0. The van der Waals surface area contributed by atoms with Gasteiger partial charge in [-0.1, -0.05) is 6.92 Å². The summed E-state index contributed by atoms with van der Waals surface area (Å²) in [5, 5.41) is 3.31. The molecule has 0 atom stereocenters. The maximum absolute atomic E-state index is 11.3. The standard InChI is InChI=1S/C15H19N3O2/c1-3-16-10-14-5-4-8-18(14)11-13-7-6-12(9-17-13)15(19)20-2/h4-9,16H,3,10-11H2,1-2H3. The van der Waals surface area contributed by atoms with Crippen LogP contribution in [0.2, 0.25) is 0 Å². The summed E-state index contributed by atoms with van der Waals surface area (Å²) in [5.74, 6) is -0.363. The van der Waals surface area contributed by atoms with E-state index in [1.54, 1.807) is 12.3 Å². The number of nitrogens with zero attached hydrogens (tertiary/aromatic N) is 2. The van der Waals surface area contributed by atoms with Crippen LogP contribution in [0.4, 0.5) is 0 Å². The number of pyridine rings is 1. The average Bonchev–Trinajstić information content (AvgIpc) is 2.92. The lowest BCUT2D eigenvalue weighted by Crippen LogP contribution is -2.15. The molecule has 0 spiro atoms. The molecule has 0 fully saturated rings. The molecular weight excluding hydrogens is 254 g/mol. The van der Waals surface area contributed by atoms with E-state index in [-0.39, 0.29) is 5.97 Å². The van der Waals surface area contributed by atoms with E-state index in [1.807, 2.05) is 18.3 Å². The Morgan fingerprint density at radius 1 is 1.40 bits per heavy atom. The van der Waals surface area contributed by atoms with E-state index < -0.39 is 0 Å². The summed E-state index contributed by atoms with van der Waals surface area (Å²) < 4.78 is 6.79. The maximum Gasteiger partial charge on any atom is 0.339 e. The normalized spacial score (nSPS) is 10.5. The van der Waals surface area contributed by atoms with Crippen LogP contribution in [-0.4, -0.2) is 29.2 Å². The average molecular weight is 273 g/mol. The first-order chi connectivity index (χ1) is 9.74. The number of rotatable bonds is 6. The highest BCUT2D eigenvalue weighted by molar-refractivity contribution is 5.88. The van der Waals surface area contributed by atoms with Gasteiger partial charge in [-0.2, -0.15) is 0 Å². The molecule has 0 aromatic carbocycles. The molecule has 0 saturated heterocycles. The molecule has 2 heterocycles. The van der Waals surface area contributed by atoms with E-state index in [2.05, 4.69) is 32.6 Å². The van der Waals surface area contributed by atoms with E-state index in [9.17, 15) is 4.79 Å². The molecule has 106 valence electrons. The number of hydrogen-bond donors (Lipinski definition) is 1. The topological polar surface area (TPSA) is 56.2 Å². The first-order valence-corrected chi connectivity index (χ1v) is 6.62. The molecule has 2 aromatic rings. The lowest BCUT2D eigenvalue weighted by atomic mass is 10.2. The van der Waals surface area contributed by atoms with Gasteiger partial charge in [-0.15, -0.1) is 0 Å². The zero-order valence-electron chi connectivity index (χ0n) is 11.8. The molecule has 1 N–H and O–H groups in total. The molecule has 5 nitrogen and oxygen atoms in total. The van der Waals surface area contributed by atoms with Crippen molar-refractivity contribution in [3.8, 4) is 0 Å². The molecule has 5 heteroatoms. The summed E-state index contributed by atoms with van der Waals surface area (Å²) in [6, 6.07) is 7.70. The molecule has 2 rings (SSSR count). The van der Waals surface area contributed by atoms with Crippen LogP contribution in [0.25, 0.3) is 0 Å². The van der Waals surface area contributed by atoms with E-state index in [0.29, 0.717) is 12.1 Å². The Kier molecular flexibility index (Phi) is 4.90. The molecule has 20 heavy (non-hydrogen) atoms. The van der Waals surface area contributed by atoms with Gasteiger partial charge >= 0.3 is 5.97 Å². The van der Waals surface area contributed by atoms with Crippen molar-refractivity contribution in [3.05, 3.63) is 53.6 Å². The highest BCUT2D eigenvalue weighted by Crippen LogP contribution is 2.08. The molecule has 0 radical (unpaired) electrons. The number of esters is 1. The number of carbonyl (C=O) groups excluding carboxylic acids is 1. The van der Waals surface area contributed by atoms with Crippen molar-refractivity contribution in [2.24, 2.45) is 0 Å². The fraction of sp³-hybridized carbons (Fsp3) is 0.333. The van der Waals surface area contributed by atoms with Crippen molar-refractivity contribution in [1.29, 1.82) is 0 Å². The molecule has 0 amide bonds. The molecule has 2 aromatic heterocycles. The fourth-order valence-corrected chi connectivity index (χ4v) is 1.95. The van der Waals surface area contributed by atoms with Crippen molar-refractivity contribution in [1.82, 2.24) is 14.9 Å². The maximum atomic E-state index is 11.3. The first-order valence-electron chi connectivity index (χ1n) is 6.62. The summed E-state index contributed by atoms with van der Waals surface area (Å²) in [4.78, 5) is 15.6. The van der Waals surface area contributed by atoms with Gasteiger partial charge in [-0.25, -0.2) is 4.79 Å². The molecule has 0 aliphatic heterocycles. The van der Waals surface area contributed by atoms with Gasteiger partial charge in [-0.3, -0.25) is 4.98 Å². The van der Waals surface area contributed by atoms with Gasteiger partial charge in [0, 0.05) is 24.6 Å². The minimum atomic E-state index is -0.363. The van der Waals surface area contributed by atoms with Gasteiger partial charge in [0.25, 0.3) is 0 Å². The molecule has 0 saturated carbocycles. The van der Waals surface area contributed by atoms with Crippen molar-refractivity contribution >= 4 is 5.97 Å². The highest BCUT2D eigenvalue weighted by Gasteiger charge is 2.06. The minimum absolute atomic E-state index is 0.363. The van der Waals surface area contributed by atoms with E-state index in [1.165, 1.54) is 12.8 Å². The number of aromatic nitrogens is 2. The Balaban J connectivity index is 2.06. The first kappa shape index (κ1) is 14.3. The van der Waals surface area contributed by atoms with Gasteiger partial charge in [0.2, 0.25) is 0 Å². The molecule has 0 aliphatic carbocycles. The predicted octanol–water partition coefficient (Wildman–Crippen LogP) is 1.83. The van der Waals surface area contributed by atoms with Crippen molar-refractivity contribution in [3.63, 3.8) is 0 Å². The number of nitrogens with one attached hydrogen (secondary N) is 1. The van der Waals surface area contributed by atoms with E-state index in [4.69, 9.17) is 0 Å². The third kappa shape index (κ3) is 3.45. The van der Waals surface area contributed by atoms with Gasteiger partial charge in [0.1, 0.15) is 0 Å². The third-order valence-corrected chi connectivity index (χ3v) is 3.06. The Morgan fingerprint density at radius 3 is 2.90 bits per heavy atom. The summed E-state index contributed by atoms with van der Waals surface area (Å²) in [6.07, 6.45) is 3.58. The van der Waals surface area contributed by atoms with Crippen molar-refractivity contribution < 1.29 is 9.53 Å². The van der Waals surface area contributed by atoms with Gasteiger partial charge in [-0.05, 0) is 30.8 Å². The Bertz CT molecular complexity index is 561. The van der Waals surface area contributed by atoms with Gasteiger partial charge < -0.3 is 14.6 Å². The van der Waals surface area contributed by atoms with Crippen LogP contribution in [0, 0.1) is 0 Å². The minimum Gasteiger partial charge on any atom is -0.465 e. The lowest BCUT2D eigenvalue weighted by Gasteiger charge is -2.09. The highest BCUT2D eigenvalue weighted by atomic mass is 16.5. The summed E-state index contributed by atoms with van der Waals surface area (Å²) in [5.41, 5.74) is 2.59. The van der Waals surface area contributed by atoms with Crippen LogP contribution in [-0.2, 0) is 17.8 Å². The predicted molar refractivity (Wildman–Crippen MR) is 76.5 cm³/mol. The zero-order chi connectivity index (χ0) is 14.4. The van der Waals surface area contributed by atoms with Crippen LogP contribution in [0.1, 0.15) is 28.7 Å². The lowest BCUT2D eigenvalue weighted by molar-refractivity contribution is 0.0600. The SMILES string of the molecule is CCNCc1cccn1Cc1ccc(C(=O)OC)cn1. The quantitative estimate of drug-likeness (QED) is 0.816. The number of carbonyl (C=O) groups is 1.